The molecule has 1 aliphatic carbocycles. The number of ether oxygens (including phenoxy) is 1. The first-order valence-corrected chi connectivity index (χ1v) is 27.2. The Morgan fingerprint density at radius 2 is 1.72 bits per heavy atom. The number of hydrogen-bond acceptors (Lipinski definition) is 13. The number of rotatable bonds is 15. The summed E-state index contributed by atoms with van der Waals surface area (Å²) in [6.45, 7) is 12.5. The Kier molecular flexibility index (Phi) is 14.5. The summed E-state index contributed by atoms with van der Waals surface area (Å²) in [4.78, 5) is 39.7. The Bertz CT molecular complexity index is 2940. The molecule has 3 aromatic carbocycles. The van der Waals surface area contributed by atoms with Crippen molar-refractivity contribution in [3.63, 3.8) is 0 Å². The van der Waals surface area contributed by atoms with Gasteiger partial charge in [0.15, 0.2) is 0 Å². The number of carbonyl (C=O) groups excluding carboxylic acids is 1. The van der Waals surface area contributed by atoms with Crippen LogP contribution >= 0.6 is 11.6 Å². The lowest BCUT2D eigenvalue weighted by atomic mass is 9.72. The second kappa shape index (κ2) is 20.2. The molecule has 1 unspecified atom stereocenters. The number of hydrogen-bond donors (Lipinski definition) is 3. The zero-order valence-electron chi connectivity index (χ0n) is 39.2. The van der Waals surface area contributed by atoms with Crippen molar-refractivity contribution in [3.05, 3.63) is 117 Å². The lowest BCUT2D eigenvalue weighted by Crippen LogP contribution is -2.47. The highest BCUT2D eigenvalue weighted by Crippen LogP contribution is 2.43. The molecular formula is C49H60ClN9O7S2. The van der Waals surface area contributed by atoms with Gasteiger partial charge in [0.05, 0.1) is 27.6 Å². The number of aromatic nitrogens is 2. The molecule has 2 aliphatic heterocycles. The first kappa shape index (κ1) is 48.9. The smallest absolute Gasteiger partial charge is 0.293 e. The van der Waals surface area contributed by atoms with E-state index in [1.165, 1.54) is 41.1 Å². The summed E-state index contributed by atoms with van der Waals surface area (Å²) in [5, 5.41) is 17.0. The number of anilines is 2. The van der Waals surface area contributed by atoms with Gasteiger partial charge in [-0.2, -0.15) is 0 Å². The molecule has 2 fully saturated rings. The summed E-state index contributed by atoms with van der Waals surface area (Å²) >= 11 is 6.25. The summed E-state index contributed by atoms with van der Waals surface area (Å²) in [6.07, 6.45) is 11.3. The van der Waals surface area contributed by atoms with Crippen molar-refractivity contribution in [1.82, 2.24) is 24.5 Å². The predicted octanol–water partition coefficient (Wildman–Crippen LogP) is 8.81. The number of nitrogens with one attached hydrogen (secondary N) is 3. The maximum Gasteiger partial charge on any atom is 0.293 e. The fraction of sp³-hybridized carbons (Fsp3) is 0.429. The zero-order chi connectivity index (χ0) is 48.4. The third-order valence-corrected chi connectivity index (χ3v) is 15.3. The molecule has 0 saturated carbocycles. The van der Waals surface area contributed by atoms with Crippen LogP contribution in [-0.4, -0.2) is 120 Å². The van der Waals surface area contributed by atoms with Crippen LogP contribution in [0, 0.1) is 15.5 Å². The molecule has 5 aromatic rings. The van der Waals surface area contributed by atoms with Crippen LogP contribution in [0.3, 0.4) is 0 Å². The number of nitrogens with zero attached hydrogens (tertiary/aromatic N) is 6. The monoisotopic (exact) mass is 985 g/mol. The number of carbonyl (C=O) groups is 1. The van der Waals surface area contributed by atoms with Crippen molar-refractivity contribution in [2.45, 2.75) is 69.9 Å². The molecule has 0 bridgehead atoms. The van der Waals surface area contributed by atoms with Gasteiger partial charge in [0, 0.05) is 115 Å². The van der Waals surface area contributed by atoms with E-state index in [0.29, 0.717) is 31.0 Å². The molecule has 3 N–H and O–H groups in total. The Morgan fingerprint density at radius 3 is 2.43 bits per heavy atom. The summed E-state index contributed by atoms with van der Waals surface area (Å²) in [6, 6.07) is 20.2. The maximum absolute atomic E-state index is 14.0. The normalized spacial score (nSPS) is 18.1. The fourth-order valence-corrected chi connectivity index (χ4v) is 11.5. The van der Waals surface area contributed by atoms with E-state index in [2.05, 4.69) is 65.0 Å². The number of H-pyrrole nitrogens is 1. The van der Waals surface area contributed by atoms with Crippen LogP contribution in [0.4, 0.5) is 17.1 Å². The van der Waals surface area contributed by atoms with Crippen molar-refractivity contribution < 1.29 is 27.1 Å². The van der Waals surface area contributed by atoms with E-state index in [9.17, 15) is 27.5 Å². The number of piperazine rings is 1. The number of nitro groups is 1. The highest BCUT2D eigenvalue weighted by molar-refractivity contribution is 7.92. The molecule has 3 aliphatic rings. The minimum atomic E-state index is -4.61. The van der Waals surface area contributed by atoms with Gasteiger partial charge in [-0.15, -0.1) is 0 Å². The third kappa shape index (κ3) is 12.2. The lowest BCUT2D eigenvalue weighted by Gasteiger charge is -2.39. The van der Waals surface area contributed by atoms with Crippen LogP contribution in [0.2, 0.25) is 5.02 Å². The molecule has 0 radical (unpaired) electrons. The minimum Gasteiger partial charge on any atom is -0.455 e. The van der Waals surface area contributed by atoms with Gasteiger partial charge in [-0.25, -0.2) is 22.5 Å². The molecule has 362 valence electrons. The summed E-state index contributed by atoms with van der Waals surface area (Å²) in [7, 11) is -6.80. The highest BCUT2D eigenvalue weighted by atomic mass is 35.5. The van der Waals surface area contributed by atoms with Gasteiger partial charge in [0.2, 0.25) is 0 Å². The van der Waals surface area contributed by atoms with Crippen molar-refractivity contribution in [2.75, 3.05) is 75.1 Å². The highest BCUT2D eigenvalue weighted by Gasteiger charge is 2.31. The molecular weight excluding hydrogens is 926 g/mol. The second-order valence-electron chi connectivity index (χ2n) is 19.3. The van der Waals surface area contributed by atoms with E-state index in [4.69, 9.17) is 16.3 Å². The fourth-order valence-electron chi connectivity index (χ4n) is 9.43. The van der Waals surface area contributed by atoms with Gasteiger partial charge in [0.1, 0.15) is 22.8 Å². The molecule has 4 heterocycles. The lowest BCUT2D eigenvalue weighted by molar-refractivity contribution is -0.384. The largest absolute Gasteiger partial charge is 0.455 e. The molecule has 16 nitrogen and oxygen atoms in total. The topological polar surface area (TPSA) is 195 Å². The van der Waals surface area contributed by atoms with E-state index in [1.54, 1.807) is 36.9 Å². The van der Waals surface area contributed by atoms with E-state index < -0.39 is 41.2 Å². The third-order valence-electron chi connectivity index (χ3n) is 12.9. The number of aromatic amines is 1. The number of pyridine rings is 1. The van der Waals surface area contributed by atoms with Crippen LogP contribution in [0.1, 0.15) is 68.8 Å². The van der Waals surface area contributed by atoms with Crippen molar-refractivity contribution in [3.8, 4) is 11.5 Å². The number of halogens is 1. The molecule has 1 amide bonds. The number of likely N-dealkylation sites (tertiary alicyclic amines) is 1. The van der Waals surface area contributed by atoms with Crippen molar-refractivity contribution >= 4 is 70.9 Å². The Balaban J connectivity index is 0.970. The van der Waals surface area contributed by atoms with Crippen molar-refractivity contribution in [1.29, 1.82) is 0 Å². The van der Waals surface area contributed by atoms with Gasteiger partial charge < -0.3 is 24.8 Å². The molecule has 8 rings (SSSR count). The molecule has 1 atom stereocenters. The Morgan fingerprint density at radius 1 is 0.985 bits per heavy atom. The number of amides is 1. The van der Waals surface area contributed by atoms with E-state index in [1.807, 2.05) is 25.1 Å². The summed E-state index contributed by atoms with van der Waals surface area (Å²) in [5.74, 6) is -0.512. The Hall–Kier alpha value is -5.53. The van der Waals surface area contributed by atoms with Crippen LogP contribution in [0.15, 0.2) is 100 Å². The minimum absolute atomic E-state index is 0.0370. The number of nitro benzene ring substituents is 1. The number of allylic oxidation sites excluding steroid dienone is 1. The van der Waals surface area contributed by atoms with E-state index in [-0.39, 0.29) is 34.5 Å². The summed E-state index contributed by atoms with van der Waals surface area (Å²) < 4.78 is 52.7. The van der Waals surface area contributed by atoms with E-state index >= 15 is 0 Å². The first-order chi connectivity index (χ1) is 32.3. The number of sulfonamides is 1. The van der Waals surface area contributed by atoms with Gasteiger partial charge >= 0.3 is 0 Å². The van der Waals surface area contributed by atoms with Crippen molar-refractivity contribution in [2.24, 2.45) is 9.78 Å². The van der Waals surface area contributed by atoms with Crippen LogP contribution in [0.25, 0.3) is 16.6 Å². The molecule has 2 aromatic heterocycles. The van der Waals surface area contributed by atoms with Gasteiger partial charge in [-0.05, 0) is 104 Å². The van der Waals surface area contributed by atoms with Gasteiger partial charge in [0.25, 0.3) is 21.6 Å². The number of fused-ring (bicyclic) bond motifs is 1. The average molecular weight is 987 g/mol. The Labute approximate surface area is 403 Å². The molecule has 19 heteroatoms. The maximum atomic E-state index is 14.0. The first-order valence-electron chi connectivity index (χ1n) is 23.0. The van der Waals surface area contributed by atoms with Crippen LogP contribution in [0.5, 0.6) is 11.5 Å². The number of piperidine rings is 1. The standard InChI is InChI=1S/C49H60ClN9O7S2/c1-33(31-56-20-16-38(17-21-56)54-67(4,5)63)53-44-13-11-41(28-45(44)59(61)62)68(64,65)55-48(60)42-12-10-39(27-46(42)66-40-26-35-15-19-51-47(35)52-30-40)58-24-22-57(23-25-58)32-36-14-18-49(2,3)29-43(36)34-6-8-37(50)9-7-34/h6-13,15,19,26-28,30,33,38,53H,14,16-18,20-25,29,31-32H2,1-5H3,(H,51,52)(H,55,60). The van der Waals surface area contributed by atoms with Gasteiger partial charge in [-0.3, -0.25) is 24.0 Å². The van der Waals surface area contributed by atoms with Crippen LogP contribution < -0.4 is 19.7 Å². The molecule has 2 saturated heterocycles. The predicted molar refractivity (Wildman–Crippen MR) is 270 cm³/mol. The summed E-state index contributed by atoms with van der Waals surface area (Å²) in [5.41, 5.74) is 5.40. The number of benzene rings is 3. The van der Waals surface area contributed by atoms with Crippen LogP contribution in [-0.2, 0) is 19.8 Å². The van der Waals surface area contributed by atoms with E-state index in [0.717, 1.165) is 87.0 Å². The second-order valence-corrected chi connectivity index (χ2v) is 24.0. The SMILES string of the molecule is CC(CN1CCC(N=S(C)(C)=O)CC1)Nc1ccc(S(=O)(=O)NC(=O)c2ccc(N3CCN(CC4=C(c5ccc(Cl)cc5)CC(C)(C)CC4)CC3)cc2Oc2cnc3[nH]ccc3c2)cc1[N+](=O)[O-]. The molecule has 68 heavy (non-hydrogen) atoms. The van der Waals surface area contributed by atoms with Gasteiger partial charge in [-0.1, -0.05) is 43.2 Å². The average Bonchev–Trinajstić information content (AvgIpc) is 3.76. The molecule has 0 spiro atoms. The zero-order valence-corrected chi connectivity index (χ0v) is 41.6. The quantitative estimate of drug-likeness (QED) is 0.0667.